The van der Waals surface area contributed by atoms with Crippen molar-refractivity contribution in [1.82, 2.24) is 15.2 Å². The first-order valence-electron chi connectivity index (χ1n) is 6.06. The number of aryl methyl sites for hydroxylation is 1. The fraction of sp³-hybridized carbons (Fsp3) is 0.667. The largest absolute Gasteiger partial charge is 0.396 e. The average molecular weight is 271 g/mol. The monoisotopic (exact) mass is 271 g/mol. The minimum atomic E-state index is -0.105. The molecule has 0 aromatic carbocycles. The van der Waals surface area contributed by atoms with Crippen molar-refractivity contribution in [3.05, 3.63) is 16.1 Å². The number of nitrogens with zero attached hydrogens (tertiary/aromatic N) is 2. The summed E-state index contributed by atoms with van der Waals surface area (Å²) in [4.78, 5) is 17.8. The second-order valence-corrected chi connectivity index (χ2v) is 5.49. The Kier molecular flexibility index (Phi) is 6.07. The van der Waals surface area contributed by atoms with E-state index in [0.29, 0.717) is 13.0 Å². The number of carbonyl (C=O) groups is 1. The Labute approximate surface area is 112 Å². The highest BCUT2D eigenvalue weighted by Gasteiger charge is 2.13. The van der Waals surface area contributed by atoms with Crippen molar-refractivity contribution in [2.45, 2.75) is 39.3 Å². The zero-order valence-corrected chi connectivity index (χ0v) is 12.0. The molecule has 1 aromatic rings. The Hall–Kier alpha value is -1.14. The van der Waals surface area contributed by atoms with Crippen LogP contribution in [0.15, 0.2) is 5.38 Å². The number of aromatic nitrogens is 1. The Balaban J connectivity index is 2.36. The molecular weight excluding hydrogens is 250 g/mol. The zero-order valence-electron chi connectivity index (χ0n) is 11.1. The van der Waals surface area contributed by atoms with Crippen LogP contribution in [0.3, 0.4) is 0 Å². The molecule has 0 aliphatic heterocycles. The van der Waals surface area contributed by atoms with Crippen LogP contribution in [0.1, 0.15) is 30.5 Å². The lowest BCUT2D eigenvalue weighted by Crippen LogP contribution is -2.41. The number of hydrogen-bond donors (Lipinski definition) is 2. The predicted octanol–water partition coefficient (Wildman–Crippen LogP) is 1.75. The molecule has 0 radical (unpaired) electrons. The Morgan fingerprint density at radius 3 is 2.94 bits per heavy atom. The summed E-state index contributed by atoms with van der Waals surface area (Å²) >= 11 is 1.59. The van der Waals surface area contributed by atoms with Crippen LogP contribution in [-0.2, 0) is 6.54 Å². The second kappa shape index (κ2) is 7.33. The quantitative estimate of drug-likeness (QED) is 0.828. The second-order valence-electron chi connectivity index (χ2n) is 4.43. The number of rotatable bonds is 6. The highest BCUT2D eigenvalue weighted by molar-refractivity contribution is 7.09. The summed E-state index contributed by atoms with van der Waals surface area (Å²) in [5.74, 6) is 0. The van der Waals surface area contributed by atoms with E-state index < -0.39 is 0 Å². The van der Waals surface area contributed by atoms with Gasteiger partial charge in [0.25, 0.3) is 0 Å². The first-order valence-corrected chi connectivity index (χ1v) is 6.94. The van der Waals surface area contributed by atoms with Gasteiger partial charge in [0.1, 0.15) is 0 Å². The zero-order chi connectivity index (χ0) is 13.5. The first-order chi connectivity index (χ1) is 8.52. The van der Waals surface area contributed by atoms with E-state index in [-0.39, 0.29) is 18.7 Å². The lowest BCUT2D eigenvalue weighted by molar-refractivity contribution is 0.201. The molecule has 0 spiro atoms. The number of aliphatic hydroxyl groups excluding tert-OH is 1. The van der Waals surface area contributed by atoms with Crippen molar-refractivity contribution < 1.29 is 9.90 Å². The van der Waals surface area contributed by atoms with Gasteiger partial charge in [0, 0.05) is 25.1 Å². The molecule has 1 rings (SSSR count). The number of carbonyl (C=O) groups excluding carboxylic acids is 1. The van der Waals surface area contributed by atoms with Gasteiger partial charge in [-0.15, -0.1) is 11.3 Å². The molecule has 1 heterocycles. The van der Waals surface area contributed by atoms with Gasteiger partial charge < -0.3 is 15.3 Å². The molecule has 2 N–H and O–H groups in total. The first kappa shape index (κ1) is 14.9. The van der Waals surface area contributed by atoms with Crippen molar-refractivity contribution in [2.24, 2.45) is 0 Å². The number of urea groups is 1. The average Bonchev–Trinajstić information content (AvgIpc) is 2.72. The van der Waals surface area contributed by atoms with Crippen LogP contribution in [-0.4, -0.2) is 40.7 Å². The molecule has 1 aromatic heterocycles. The summed E-state index contributed by atoms with van der Waals surface area (Å²) < 4.78 is 0. The van der Waals surface area contributed by atoms with Gasteiger partial charge in [0.15, 0.2) is 0 Å². The summed E-state index contributed by atoms with van der Waals surface area (Å²) in [7, 11) is 1.75. The normalized spacial score (nSPS) is 12.2. The van der Waals surface area contributed by atoms with E-state index in [1.165, 1.54) is 0 Å². The molecular formula is C12H21N3O2S. The number of amides is 2. The van der Waals surface area contributed by atoms with E-state index in [2.05, 4.69) is 10.3 Å². The molecule has 0 bridgehead atoms. The van der Waals surface area contributed by atoms with E-state index >= 15 is 0 Å². The summed E-state index contributed by atoms with van der Waals surface area (Å²) in [6, 6.07) is -0.0321. The van der Waals surface area contributed by atoms with E-state index in [0.717, 1.165) is 17.1 Å². The lowest BCUT2D eigenvalue weighted by atomic mass is 10.2. The van der Waals surface area contributed by atoms with Gasteiger partial charge >= 0.3 is 6.03 Å². The Morgan fingerprint density at radius 1 is 1.67 bits per heavy atom. The van der Waals surface area contributed by atoms with Crippen LogP contribution in [0.4, 0.5) is 4.79 Å². The maximum absolute atomic E-state index is 11.9. The molecule has 0 saturated carbocycles. The Bertz CT molecular complexity index is 381. The predicted molar refractivity (Wildman–Crippen MR) is 72.6 cm³/mol. The number of thiazole rings is 1. The molecule has 5 nitrogen and oxygen atoms in total. The third-order valence-electron chi connectivity index (χ3n) is 2.58. The van der Waals surface area contributed by atoms with Gasteiger partial charge in [-0.2, -0.15) is 0 Å². The van der Waals surface area contributed by atoms with Crippen molar-refractivity contribution in [1.29, 1.82) is 0 Å². The van der Waals surface area contributed by atoms with Crippen molar-refractivity contribution in [3.63, 3.8) is 0 Å². The van der Waals surface area contributed by atoms with Gasteiger partial charge in [-0.25, -0.2) is 9.78 Å². The molecule has 1 unspecified atom stereocenters. The minimum Gasteiger partial charge on any atom is -0.396 e. The van der Waals surface area contributed by atoms with E-state index in [1.54, 1.807) is 23.3 Å². The fourth-order valence-electron chi connectivity index (χ4n) is 1.59. The van der Waals surface area contributed by atoms with Crippen LogP contribution in [0, 0.1) is 6.92 Å². The van der Waals surface area contributed by atoms with Gasteiger partial charge in [-0.05, 0) is 26.7 Å². The molecule has 102 valence electrons. The van der Waals surface area contributed by atoms with Crippen LogP contribution in [0.2, 0.25) is 0 Å². The Morgan fingerprint density at radius 2 is 2.39 bits per heavy atom. The molecule has 18 heavy (non-hydrogen) atoms. The van der Waals surface area contributed by atoms with Crippen LogP contribution >= 0.6 is 11.3 Å². The standard InChI is InChI=1S/C12H21N3O2S/c1-9(5-4-6-16)13-12(17)15(3)7-11-8-18-10(2)14-11/h8-9,16H,4-7H2,1-3H3,(H,13,17). The SMILES string of the molecule is Cc1nc(CN(C)C(=O)NC(C)CCCO)cs1. The molecule has 0 fully saturated rings. The number of aliphatic hydroxyl groups is 1. The van der Waals surface area contributed by atoms with Gasteiger partial charge in [-0.3, -0.25) is 0 Å². The van der Waals surface area contributed by atoms with Crippen LogP contribution in [0.25, 0.3) is 0 Å². The maximum atomic E-state index is 11.9. The smallest absolute Gasteiger partial charge is 0.317 e. The number of nitrogens with one attached hydrogen (secondary N) is 1. The fourth-order valence-corrected chi connectivity index (χ4v) is 2.19. The molecule has 6 heteroatoms. The molecule has 0 aliphatic rings. The van der Waals surface area contributed by atoms with Gasteiger partial charge in [0.05, 0.1) is 17.2 Å². The van der Waals surface area contributed by atoms with Crippen molar-refractivity contribution in [3.8, 4) is 0 Å². The summed E-state index contributed by atoms with van der Waals surface area (Å²) in [5, 5.41) is 14.6. The minimum absolute atomic E-state index is 0.0734. The highest BCUT2D eigenvalue weighted by atomic mass is 32.1. The molecule has 0 aliphatic carbocycles. The van der Waals surface area contributed by atoms with E-state index in [1.807, 2.05) is 19.2 Å². The molecule has 2 amide bonds. The van der Waals surface area contributed by atoms with Gasteiger partial charge in [0.2, 0.25) is 0 Å². The third-order valence-corrected chi connectivity index (χ3v) is 3.40. The van der Waals surface area contributed by atoms with Crippen LogP contribution in [0.5, 0.6) is 0 Å². The van der Waals surface area contributed by atoms with E-state index in [9.17, 15) is 4.79 Å². The molecule has 0 saturated heterocycles. The molecule has 1 atom stereocenters. The van der Waals surface area contributed by atoms with Crippen LogP contribution < -0.4 is 5.32 Å². The highest BCUT2D eigenvalue weighted by Crippen LogP contribution is 2.09. The summed E-state index contributed by atoms with van der Waals surface area (Å²) in [6.07, 6.45) is 1.49. The van der Waals surface area contributed by atoms with Crippen molar-refractivity contribution >= 4 is 17.4 Å². The lowest BCUT2D eigenvalue weighted by Gasteiger charge is -2.20. The van der Waals surface area contributed by atoms with E-state index in [4.69, 9.17) is 5.11 Å². The topological polar surface area (TPSA) is 65.5 Å². The summed E-state index contributed by atoms with van der Waals surface area (Å²) in [6.45, 7) is 4.57. The van der Waals surface area contributed by atoms with Crippen molar-refractivity contribution in [2.75, 3.05) is 13.7 Å². The number of hydrogen-bond acceptors (Lipinski definition) is 4. The third kappa shape index (κ3) is 5.01. The summed E-state index contributed by atoms with van der Waals surface area (Å²) in [5.41, 5.74) is 0.915. The maximum Gasteiger partial charge on any atom is 0.317 e. The van der Waals surface area contributed by atoms with Gasteiger partial charge in [-0.1, -0.05) is 0 Å².